The van der Waals surface area contributed by atoms with Crippen LogP contribution in [0.1, 0.15) is 10.4 Å². The predicted molar refractivity (Wildman–Crippen MR) is 88.4 cm³/mol. The highest BCUT2D eigenvalue weighted by Crippen LogP contribution is 2.31. The molecule has 0 fully saturated rings. The monoisotopic (exact) mass is 429 g/mol. The number of benzene rings is 1. The van der Waals surface area contributed by atoms with Gasteiger partial charge in [-0.25, -0.2) is 13.1 Å². The van der Waals surface area contributed by atoms with Gasteiger partial charge < -0.3 is 5.11 Å². The van der Waals surface area contributed by atoms with Crippen molar-refractivity contribution in [1.82, 2.24) is 4.72 Å². The fraction of sp³-hybridized carbons (Fsp3) is 0.167. The van der Waals surface area contributed by atoms with E-state index in [9.17, 15) is 13.5 Å². The maximum atomic E-state index is 12.3. The lowest BCUT2D eigenvalue weighted by Gasteiger charge is -2.11. The highest BCUT2D eigenvalue weighted by atomic mass is 79.9. The van der Waals surface area contributed by atoms with Crippen LogP contribution in [0.5, 0.6) is 0 Å². The molecule has 4 nitrogen and oxygen atoms in total. The van der Waals surface area contributed by atoms with Gasteiger partial charge in [-0.2, -0.15) is 0 Å². The van der Waals surface area contributed by atoms with Crippen LogP contribution in [0.25, 0.3) is 0 Å². The summed E-state index contributed by atoms with van der Waals surface area (Å²) < 4.78 is 27.9. The second kappa shape index (κ2) is 6.95. The Balaban J connectivity index is 2.30. The third kappa shape index (κ3) is 3.79. The van der Waals surface area contributed by atoms with Crippen LogP contribution < -0.4 is 4.72 Å². The van der Waals surface area contributed by atoms with Gasteiger partial charge in [0.25, 0.3) is 0 Å². The highest BCUT2D eigenvalue weighted by molar-refractivity contribution is 9.10. The van der Waals surface area contributed by atoms with Crippen molar-refractivity contribution >= 4 is 60.5 Å². The van der Waals surface area contributed by atoms with Crippen molar-refractivity contribution in [2.24, 2.45) is 0 Å². The number of thiophene rings is 1. The summed E-state index contributed by atoms with van der Waals surface area (Å²) in [5, 5.41) is 11.2. The van der Waals surface area contributed by atoms with Gasteiger partial charge in [-0.1, -0.05) is 23.2 Å². The normalized spacial score (nSPS) is 11.8. The van der Waals surface area contributed by atoms with E-state index < -0.39 is 16.6 Å². The average molecular weight is 431 g/mol. The molecule has 0 saturated carbocycles. The minimum Gasteiger partial charge on any atom is -0.392 e. The van der Waals surface area contributed by atoms with Crippen LogP contribution in [0.3, 0.4) is 0 Å². The average Bonchev–Trinajstić information content (AvgIpc) is 2.82. The summed E-state index contributed by atoms with van der Waals surface area (Å²) in [6.45, 7) is -0.286. The summed E-state index contributed by atoms with van der Waals surface area (Å²) in [6, 6.07) is 4.55. The Kier molecular flexibility index (Phi) is 5.70. The summed E-state index contributed by atoms with van der Waals surface area (Å²) in [6.07, 6.45) is 0. The third-order valence-electron chi connectivity index (χ3n) is 2.71. The van der Waals surface area contributed by atoms with Crippen LogP contribution in [0.4, 0.5) is 0 Å². The van der Waals surface area contributed by atoms with E-state index in [1.54, 1.807) is 0 Å². The minimum absolute atomic E-state index is 0.0669. The summed E-state index contributed by atoms with van der Waals surface area (Å²) in [4.78, 5) is 0.747. The SMILES string of the molecule is O=S(=O)(NCc1sccc1Br)c1ccc(Cl)c(CO)c1Cl. The van der Waals surface area contributed by atoms with Gasteiger partial charge in [-0.3, -0.25) is 0 Å². The standard InChI is InChI=1S/C12H10BrCl2NO3S2/c13-8-3-4-20-10(8)5-16-21(18,19)11-2-1-9(14)7(6-17)12(11)15/h1-4,16-17H,5-6H2. The number of aliphatic hydroxyl groups is 1. The number of halogens is 3. The number of aliphatic hydroxyl groups excluding tert-OH is 1. The molecule has 114 valence electrons. The van der Waals surface area contributed by atoms with Crippen LogP contribution in [0, 0.1) is 0 Å². The number of sulfonamides is 1. The molecule has 0 amide bonds. The van der Waals surface area contributed by atoms with Gasteiger partial charge in [0, 0.05) is 26.5 Å². The number of hydrogen-bond donors (Lipinski definition) is 2. The van der Waals surface area contributed by atoms with E-state index in [1.807, 2.05) is 11.4 Å². The first-order valence-electron chi connectivity index (χ1n) is 5.66. The number of hydrogen-bond acceptors (Lipinski definition) is 4. The van der Waals surface area contributed by atoms with Gasteiger partial charge in [-0.05, 0) is 39.5 Å². The molecule has 0 aliphatic carbocycles. The van der Waals surface area contributed by atoms with Crippen LogP contribution in [0.2, 0.25) is 10.0 Å². The van der Waals surface area contributed by atoms with Gasteiger partial charge >= 0.3 is 0 Å². The van der Waals surface area contributed by atoms with Gasteiger partial charge in [0.05, 0.1) is 11.6 Å². The summed E-state index contributed by atoms with van der Waals surface area (Å²) in [5.74, 6) is 0. The fourth-order valence-electron chi connectivity index (χ4n) is 1.62. The molecule has 0 aliphatic rings. The molecule has 0 saturated heterocycles. The quantitative estimate of drug-likeness (QED) is 0.758. The Morgan fingerprint density at radius 2 is 2.00 bits per heavy atom. The largest absolute Gasteiger partial charge is 0.392 e. The first kappa shape index (κ1) is 17.2. The molecule has 2 aromatic rings. The van der Waals surface area contributed by atoms with E-state index in [1.165, 1.54) is 23.5 Å². The molecule has 0 aliphatic heterocycles. The molecule has 0 radical (unpaired) electrons. The summed E-state index contributed by atoms with van der Waals surface area (Å²) in [5.41, 5.74) is 0.193. The zero-order valence-electron chi connectivity index (χ0n) is 10.4. The van der Waals surface area contributed by atoms with Crippen LogP contribution in [0.15, 0.2) is 32.9 Å². The van der Waals surface area contributed by atoms with Gasteiger partial charge in [0.1, 0.15) is 4.90 Å². The van der Waals surface area contributed by atoms with E-state index >= 15 is 0 Å². The van der Waals surface area contributed by atoms with Crippen LogP contribution in [-0.2, 0) is 23.2 Å². The molecule has 1 aromatic heterocycles. The van der Waals surface area contributed by atoms with E-state index in [-0.39, 0.29) is 27.0 Å². The van der Waals surface area contributed by atoms with Crippen molar-refractivity contribution in [2.45, 2.75) is 18.0 Å². The topological polar surface area (TPSA) is 66.4 Å². The van der Waals surface area contributed by atoms with Crippen LogP contribution >= 0.6 is 50.5 Å². The Morgan fingerprint density at radius 3 is 2.57 bits per heavy atom. The van der Waals surface area contributed by atoms with Crippen molar-refractivity contribution in [3.05, 3.63) is 48.5 Å². The first-order chi connectivity index (χ1) is 9.86. The Morgan fingerprint density at radius 1 is 1.29 bits per heavy atom. The Bertz CT molecular complexity index is 762. The molecule has 0 bridgehead atoms. The molecule has 0 spiro atoms. The molecular weight excluding hydrogens is 421 g/mol. The van der Waals surface area contributed by atoms with Gasteiger partial charge in [-0.15, -0.1) is 11.3 Å². The van der Waals surface area contributed by atoms with E-state index in [4.69, 9.17) is 23.2 Å². The lowest BCUT2D eigenvalue weighted by Crippen LogP contribution is -2.23. The lowest BCUT2D eigenvalue weighted by atomic mass is 10.2. The zero-order chi connectivity index (χ0) is 15.6. The van der Waals surface area contributed by atoms with E-state index in [0.717, 1.165) is 9.35 Å². The van der Waals surface area contributed by atoms with Crippen molar-refractivity contribution in [1.29, 1.82) is 0 Å². The molecule has 9 heteroatoms. The molecule has 2 rings (SSSR count). The van der Waals surface area contributed by atoms with Gasteiger partial charge in [0.15, 0.2) is 0 Å². The summed E-state index contributed by atoms with van der Waals surface area (Å²) in [7, 11) is -3.80. The maximum Gasteiger partial charge on any atom is 0.242 e. The third-order valence-corrected chi connectivity index (χ3v) is 6.98. The molecule has 0 unspecified atom stereocenters. The van der Waals surface area contributed by atoms with Crippen molar-refractivity contribution in [2.75, 3.05) is 0 Å². The van der Waals surface area contributed by atoms with Crippen molar-refractivity contribution < 1.29 is 13.5 Å². The van der Waals surface area contributed by atoms with Crippen molar-refractivity contribution in [3.63, 3.8) is 0 Å². The zero-order valence-corrected chi connectivity index (χ0v) is 15.2. The molecule has 1 heterocycles. The second-order valence-corrected chi connectivity index (χ2v) is 8.39. The Hall–Kier alpha value is -0.150. The van der Waals surface area contributed by atoms with E-state index in [0.29, 0.717) is 0 Å². The minimum atomic E-state index is -3.80. The van der Waals surface area contributed by atoms with E-state index in [2.05, 4.69) is 20.7 Å². The smallest absolute Gasteiger partial charge is 0.242 e. The molecule has 0 atom stereocenters. The fourth-order valence-corrected chi connectivity index (χ4v) is 5.03. The number of rotatable bonds is 5. The second-order valence-electron chi connectivity index (χ2n) is 4.01. The van der Waals surface area contributed by atoms with Gasteiger partial charge in [0.2, 0.25) is 10.0 Å². The molecular formula is C12H10BrCl2NO3S2. The summed E-state index contributed by atoms with van der Waals surface area (Å²) >= 11 is 16.7. The first-order valence-corrected chi connectivity index (χ1v) is 9.57. The Labute approximate surface area is 144 Å². The molecule has 21 heavy (non-hydrogen) atoms. The molecule has 2 N–H and O–H groups in total. The van der Waals surface area contributed by atoms with Crippen LogP contribution in [-0.4, -0.2) is 13.5 Å². The highest BCUT2D eigenvalue weighted by Gasteiger charge is 2.21. The maximum absolute atomic E-state index is 12.3. The number of nitrogens with one attached hydrogen (secondary N) is 1. The molecule has 1 aromatic carbocycles. The predicted octanol–water partition coefficient (Wildman–Crippen LogP) is 3.79. The lowest BCUT2D eigenvalue weighted by molar-refractivity contribution is 0.281. The van der Waals surface area contributed by atoms with Crippen molar-refractivity contribution in [3.8, 4) is 0 Å².